The van der Waals surface area contributed by atoms with Gasteiger partial charge in [0, 0.05) is 38.2 Å². The van der Waals surface area contributed by atoms with Crippen LogP contribution in [-0.2, 0) is 11.3 Å². The van der Waals surface area contributed by atoms with Crippen molar-refractivity contribution in [3.05, 3.63) is 59.9 Å². The van der Waals surface area contributed by atoms with Gasteiger partial charge in [-0.2, -0.15) is 0 Å². The van der Waals surface area contributed by atoms with Gasteiger partial charge in [-0.3, -0.25) is 4.98 Å². The number of carbonyl (C=O) groups excluding carboxylic acids is 1. The normalized spacial score (nSPS) is 16.6. The number of urea groups is 1. The summed E-state index contributed by atoms with van der Waals surface area (Å²) in [4.78, 5) is 18.1. The second kappa shape index (κ2) is 8.02. The molecule has 0 saturated carbocycles. The Morgan fingerprint density at radius 2 is 2.08 bits per heavy atom. The molecule has 0 spiro atoms. The van der Waals surface area contributed by atoms with Crippen molar-refractivity contribution in [3.63, 3.8) is 0 Å². The third-order valence-corrected chi connectivity index (χ3v) is 4.03. The molecule has 0 unspecified atom stereocenters. The van der Waals surface area contributed by atoms with Crippen LogP contribution in [0.3, 0.4) is 0 Å². The van der Waals surface area contributed by atoms with Gasteiger partial charge in [0.05, 0.1) is 11.8 Å². The fourth-order valence-electron chi connectivity index (χ4n) is 2.75. The van der Waals surface area contributed by atoms with Gasteiger partial charge >= 0.3 is 6.03 Å². The summed E-state index contributed by atoms with van der Waals surface area (Å²) in [5.74, 6) is -1.50. The first-order valence-electron chi connectivity index (χ1n) is 8.13. The molecule has 0 aliphatic carbocycles. The van der Waals surface area contributed by atoms with E-state index in [-0.39, 0.29) is 11.8 Å². The number of rotatable bonds is 5. The Balaban J connectivity index is 1.73. The minimum Gasteiger partial charge on any atom is -0.376 e. The fourth-order valence-corrected chi connectivity index (χ4v) is 2.75. The van der Waals surface area contributed by atoms with Crippen LogP contribution in [0.25, 0.3) is 0 Å². The van der Waals surface area contributed by atoms with Crippen LogP contribution in [0.5, 0.6) is 0 Å². The molecule has 2 aromatic rings. The van der Waals surface area contributed by atoms with Gasteiger partial charge in [-0.25, -0.2) is 13.6 Å². The molecule has 2 amide bonds. The number of pyridine rings is 1. The van der Waals surface area contributed by atoms with E-state index in [1.54, 1.807) is 17.3 Å². The highest BCUT2D eigenvalue weighted by Crippen LogP contribution is 2.18. The first kappa shape index (κ1) is 17.3. The second-order valence-corrected chi connectivity index (χ2v) is 5.93. The highest BCUT2D eigenvalue weighted by Gasteiger charge is 2.23. The van der Waals surface area contributed by atoms with Gasteiger partial charge in [-0.15, -0.1) is 0 Å². The van der Waals surface area contributed by atoms with Gasteiger partial charge in [0.15, 0.2) is 0 Å². The summed E-state index contributed by atoms with van der Waals surface area (Å²) in [6.45, 7) is 1.43. The Kier molecular flexibility index (Phi) is 5.55. The molecule has 1 aliphatic rings. The van der Waals surface area contributed by atoms with E-state index in [0.29, 0.717) is 19.7 Å². The molecule has 5 nitrogen and oxygen atoms in total. The number of anilines is 1. The second-order valence-electron chi connectivity index (χ2n) is 5.93. The maximum Gasteiger partial charge on any atom is 0.322 e. The fraction of sp³-hybridized carbons (Fsp3) is 0.333. The van der Waals surface area contributed by atoms with Gasteiger partial charge in [-0.1, -0.05) is 0 Å². The number of ether oxygens (including phenoxy) is 1. The van der Waals surface area contributed by atoms with Crippen LogP contribution in [0.2, 0.25) is 0 Å². The predicted molar refractivity (Wildman–Crippen MR) is 89.0 cm³/mol. The van der Waals surface area contributed by atoms with E-state index >= 15 is 0 Å². The molecule has 132 valence electrons. The van der Waals surface area contributed by atoms with E-state index in [1.807, 2.05) is 12.1 Å². The van der Waals surface area contributed by atoms with Crippen molar-refractivity contribution in [2.75, 3.05) is 18.5 Å². The SMILES string of the molecule is O=C(Nc1ccc(F)cc1F)N(Cc1ccncc1)C[C@H]1CCCO1. The smallest absolute Gasteiger partial charge is 0.322 e. The maximum atomic E-state index is 13.8. The summed E-state index contributed by atoms with van der Waals surface area (Å²) in [6.07, 6.45) is 5.10. The zero-order valence-electron chi connectivity index (χ0n) is 13.6. The van der Waals surface area contributed by atoms with Crippen molar-refractivity contribution >= 4 is 11.7 Å². The molecule has 1 saturated heterocycles. The zero-order valence-corrected chi connectivity index (χ0v) is 13.6. The molecule has 1 fully saturated rings. The molecule has 1 atom stereocenters. The number of nitrogens with one attached hydrogen (secondary N) is 1. The summed E-state index contributed by atoms with van der Waals surface area (Å²) in [7, 11) is 0. The molecule has 7 heteroatoms. The number of hydrogen-bond donors (Lipinski definition) is 1. The highest BCUT2D eigenvalue weighted by atomic mass is 19.1. The van der Waals surface area contributed by atoms with Gasteiger partial charge in [-0.05, 0) is 42.7 Å². The van der Waals surface area contributed by atoms with Crippen molar-refractivity contribution in [1.82, 2.24) is 9.88 Å². The zero-order chi connectivity index (χ0) is 17.6. The number of carbonyl (C=O) groups is 1. The monoisotopic (exact) mass is 347 g/mol. The van der Waals surface area contributed by atoms with E-state index in [9.17, 15) is 13.6 Å². The minimum absolute atomic E-state index is 0.0364. The molecule has 3 rings (SSSR count). The Hall–Kier alpha value is -2.54. The lowest BCUT2D eigenvalue weighted by Crippen LogP contribution is -2.39. The maximum absolute atomic E-state index is 13.8. The molecule has 1 N–H and O–H groups in total. The Morgan fingerprint density at radius 1 is 1.28 bits per heavy atom. The topological polar surface area (TPSA) is 54.5 Å². The summed E-state index contributed by atoms with van der Waals surface area (Å²) >= 11 is 0. The standard InChI is InChI=1S/C18H19F2N3O2/c19-14-3-4-17(16(20)10-14)22-18(24)23(12-15-2-1-9-25-15)11-13-5-7-21-8-6-13/h3-8,10,15H,1-2,9,11-12H2,(H,22,24)/t15-/m1/s1. The van der Waals surface area contributed by atoms with Crippen molar-refractivity contribution in [1.29, 1.82) is 0 Å². The van der Waals surface area contributed by atoms with E-state index in [2.05, 4.69) is 10.3 Å². The average Bonchev–Trinajstić information content (AvgIpc) is 3.11. The van der Waals surface area contributed by atoms with Gasteiger partial charge in [0.1, 0.15) is 11.6 Å². The molecule has 1 aromatic carbocycles. The lowest BCUT2D eigenvalue weighted by molar-refractivity contribution is 0.0819. The average molecular weight is 347 g/mol. The third kappa shape index (κ3) is 4.73. The summed E-state index contributed by atoms with van der Waals surface area (Å²) in [5.41, 5.74) is 0.848. The molecular formula is C18H19F2N3O2. The quantitative estimate of drug-likeness (QED) is 0.900. The lowest BCUT2D eigenvalue weighted by Gasteiger charge is -2.26. The van der Waals surface area contributed by atoms with Crippen LogP contribution in [0.4, 0.5) is 19.3 Å². The van der Waals surface area contributed by atoms with Crippen LogP contribution >= 0.6 is 0 Å². The van der Waals surface area contributed by atoms with Crippen LogP contribution in [-0.4, -0.2) is 35.2 Å². The summed E-state index contributed by atoms with van der Waals surface area (Å²) in [5, 5.41) is 2.51. The van der Waals surface area contributed by atoms with E-state index in [0.717, 1.165) is 30.5 Å². The summed E-state index contributed by atoms with van der Waals surface area (Å²) < 4.78 is 32.4. The highest BCUT2D eigenvalue weighted by molar-refractivity contribution is 5.89. The molecule has 0 bridgehead atoms. The van der Waals surface area contributed by atoms with Crippen LogP contribution in [0, 0.1) is 11.6 Å². The number of benzene rings is 1. The molecule has 1 aromatic heterocycles. The minimum atomic E-state index is -0.811. The number of nitrogens with zero attached hydrogens (tertiary/aromatic N) is 2. The summed E-state index contributed by atoms with van der Waals surface area (Å²) in [6, 6.07) is 6.22. The van der Waals surface area contributed by atoms with E-state index < -0.39 is 17.7 Å². The van der Waals surface area contributed by atoms with Crippen molar-refractivity contribution in [2.45, 2.75) is 25.5 Å². The molecular weight excluding hydrogens is 328 g/mol. The lowest BCUT2D eigenvalue weighted by atomic mass is 10.2. The van der Waals surface area contributed by atoms with Crippen LogP contribution in [0.1, 0.15) is 18.4 Å². The third-order valence-electron chi connectivity index (χ3n) is 4.03. The van der Waals surface area contributed by atoms with Crippen molar-refractivity contribution < 1.29 is 18.3 Å². The molecule has 1 aliphatic heterocycles. The van der Waals surface area contributed by atoms with E-state index in [1.165, 1.54) is 6.07 Å². The largest absolute Gasteiger partial charge is 0.376 e. The van der Waals surface area contributed by atoms with Crippen molar-refractivity contribution in [2.24, 2.45) is 0 Å². The molecule has 2 heterocycles. The number of amides is 2. The Labute approximate surface area is 144 Å². The predicted octanol–water partition coefficient (Wildman–Crippen LogP) is 3.57. The number of halogens is 2. The molecule has 0 radical (unpaired) electrons. The Morgan fingerprint density at radius 3 is 2.76 bits per heavy atom. The van der Waals surface area contributed by atoms with Crippen LogP contribution < -0.4 is 5.32 Å². The van der Waals surface area contributed by atoms with E-state index in [4.69, 9.17) is 4.74 Å². The first-order chi connectivity index (χ1) is 12.1. The van der Waals surface area contributed by atoms with Crippen molar-refractivity contribution in [3.8, 4) is 0 Å². The van der Waals surface area contributed by atoms with Crippen LogP contribution in [0.15, 0.2) is 42.7 Å². The first-order valence-corrected chi connectivity index (χ1v) is 8.13. The van der Waals surface area contributed by atoms with Gasteiger partial charge in [0.2, 0.25) is 0 Å². The number of hydrogen-bond acceptors (Lipinski definition) is 3. The van der Waals surface area contributed by atoms with Gasteiger partial charge < -0.3 is 15.0 Å². The van der Waals surface area contributed by atoms with Gasteiger partial charge in [0.25, 0.3) is 0 Å². The number of aromatic nitrogens is 1. The Bertz CT molecular complexity index is 722. The molecule has 25 heavy (non-hydrogen) atoms.